The maximum atomic E-state index is 13.5. The molecule has 1 aromatic heterocycles. The summed E-state index contributed by atoms with van der Waals surface area (Å²) >= 11 is 0. The summed E-state index contributed by atoms with van der Waals surface area (Å²) in [5.41, 5.74) is 2.27. The van der Waals surface area contributed by atoms with Crippen LogP contribution in [0.4, 0.5) is 14.5 Å². The second-order valence-electron chi connectivity index (χ2n) is 5.97. The molecule has 140 valence electrons. The Labute approximate surface area is 157 Å². The number of nitrogens with zero attached hydrogens (tertiary/aromatic N) is 2. The molecule has 4 rings (SSSR count). The van der Waals surface area contributed by atoms with Crippen LogP contribution in [0.2, 0.25) is 0 Å². The quantitative estimate of drug-likeness (QED) is 0.351. The number of ether oxygens (including phenoxy) is 1. The monoisotopic (exact) mass is 382 g/mol. The number of rotatable bonds is 4. The molecule has 0 bridgehead atoms. The molecule has 4 aromatic rings. The molecule has 0 aliphatic heterocycles. The second-order valence-corrected chi connectivity index (χ2v) is 5.97. The third kappa shape index (κ3) is 3.05. The minimum atomic E-state index is -0.941. The van der Waals surface area contributed by atoms with Crippen LogP contribution in [-0.2, 0) is 0 Å². The highest BCUT2D eigenvalue weighted by Crippen LogP contribution is 2.34. The fraction of sp³-hybridized carbons (Fsp3) is 0.0500. The highest BCUT2D eigenvalue weighted by atomic mass is 19.2. The van der Waals surface area contributed by atoms with Crippen molar-refractivity contribution in [3.63, 3.8) is 0 Å². The van der Waals surface area contributed by atoms with E-state index in [1.165, 1.54) is 25.3 Å². The molecule has 0 aliphatic carbocycles. The first-order chi connectivity index (χ1) is 13.5. The van der Waals surface area contributed by atoms with Gasteiger partial charge in [0.15, 0.2) is 23.0 Å². The van der Waals surface area contributed by atoms with Crippen LogP contribution >= 0.6 is 0 Å². The highest BCUT2D eigenvalue weighted by molar-refractivity contribution is 5.82. The standard InChI is InChI=1S/C20H12F2N2O4/c1-27-19-7-4-13(10-17(19)24(25)26)20-23-16-9-12(3-6-18(16)28-20)11-2-5-14(21)15(22)8-11/h2-10H,1H3. The van der Waals surface area contributed by atoms with Gasteiger partial charge in [0.2, 0.25) is 5.89 Å². The lowest BCUT2D eigenvalue weighted by atomic mass is 10.1. The Bertz CT molecular complexity index is 1220. The summed E-state index contributed by atoms with van der Waals surface area (Å²) in [6, 6.07) is 13.0. The van der Waals surface area contributed by atoms with Gasteiger partial charge in [0, 0.05) is 11.6 Å². The summed E-state index contributed by atoms with van der Waals surface area (Å²) in [6.45, 7) is 0. The highest BCUT2D eigenvalue weighted by Gasteiger charge is 2.18. The normalized spacial score (nSPS) is 11.0. The SMILES string of the molecule is COc1ccc(-c2nc3cc(-c4ccc(F)c(F)c4)ccc3o2)cc1[N+](=O)[O-]. The van der Waals surface area contributed by atoms with E-state index >= 15 is 0 Å². The third-order valence-electron chi connectivity index (χ3n) is 4.26. The fourth-order valence-corrected chi connectivity index (χ4v) is 2.87. The first-order valence-electron chi connectivity index (χ1n) is 8.15. The summed E-state index contributed by atoms with van der Waals surface area (Å²) < 4.78 is 37.3. The van der Waals surface area contributed by atoms with Crippen LogP contribution in [0.25, 0.3) is 33.7 Å². The molecular weight excluding hydrogens is 370 g/mol. The lowest BCUT2D eigenvalue weighted by Crippen LogP contribution is -1.94. The number of aromatic nitrogens is 1. The van der Waals surface area contributed by atoms with Crippen molar-refractivity contribution in [1.82, 2.24) is 4.98 Å². The summed E-state index contributed by atoms with van der Waals surface area (Å²) in [4.78, 5) is 15.0. The molecule has 0 N–H and O–H groups in total. The number of oxazole rings is 1. The van der Waals surface area contributed by atoms with E-state index in [-0.39, 0.29) is 17.3 Å². The van der Waals surface area contributed by atoms with Crippen molar-refractivity contribution in [3.05, 3.63) is 76.3 Å². The second kappa shape index (κ2) is 6.73. The smallest absolute Gasteiger partial charge is 0.311 e. The molecule has 0 radical (unpaired) electrons. The van der Waals surface area contributed by atoms with Gasteiger partial charge in [-0.1, -0.05) is 12.1 Å². The van der Waals surface area contributed by atoms with Gasteiger partial charge in [-0.05, 0) is 47.5 Å². The predicted molar refractivity (Wildman–Crippen MR) is 98.0 cm³/mol. The molecular formula is C20H12F2N2O4. The van der Waals surface area contributed by atoms with Gasteiger partial charge in [-0.3, -0.25) is 10.1 Å². The maximum Gasteiger partial charge on any atom is 0.311 e. The van der Waals surface area contributed by atoms with Gasteiger partial charge >= 0.3 is 5.69 Å². The van der Waals surface area contributed by atoms with Gasteiger partial charge < -0.3 is 9.15 Å². The molecule has 1 heterocycles. The summed E-state index contributed by atoms with van der Waals surface area (Å²) in [6.07, 6.45) is 0. The Hall–Kier alpha value is -3.81. The number of nitro groups is 1. The van der Waals surface area contributed by atoms with E-state index in [0.29, 0.717) is 27.8 Å². The van der Waals surface area contributed by atoms with Gasteiger partial charge in [-0.15, -0.1) is 0 Å². The van der Waals surface area contributed by atoms with E-state index in [4.69, 9.17) is 9.15 Å². The molecule has 0 atom stereocenters. The number of methoxy groups -OCH3 is 1. The molecule has 0 saturated heterocycles. The van der Waals surface area contributed by atoms with Gasteiger partial charge in [-0.2, -0.15) is 0 Å². The van der Waals surface area contributed by atoms with Crippen LogP contribution in [0.15, 0.2) is 59.0 Å². The van der Waals surface area contributed by atoms with Crippen LogP contribution in [0.1, 0.15) is 0 Å². The van der Waals surface area contributed by atoms with E-state index in [2.05, 4.69) is 4.98 Å². The van der Waals surface area contributed by atoms with Crippen molar-refractivity contribution >= 4 is 16.8 Å². The van der Waals surface area contributed by atoms with Gasteiger partial charge in [0.25, 0.3) is 0 Å². The van der Waals surface area contributed by atoms with E-state index in [0.717, 1.165) is 12.1 Å². The first-order valence-corrected chi connectivity index (χ1v) is 8.15. The van der Waals surface area contributed by atoms with Crippen LogP contribution in [0, 0.1) is 21.7 Å². The lowest BCUT2D eigenvalue weighted by molar-refractivity contribution is -0.385. The van der Waals surface area contributed by atoms with Crippen LogP contribution in [0.5, 0.6) is 5.75 Å². The number of fused-ring (bicyclic) bond motifs is 1. The Morgan fingerprint density at radius 2 is 1.68 bits per heavy atom. The van der Waals surface area contributed by atoms with Gasteiger partial charge in [-0.25, -0.2) is 13.8 Å². The van der Waals surface area contributed by atoms with Crippen molar-refractivity contribution in [2.24, 2.45) is 0 Å². The molecule has 6 nitrogen and oxygen atoms in total. The van der Waals surface area contributed by atoms with E-state index in [1.54, 1.807) is 24.3 Å². The molecule has 0 unspecified atom stereocenters. The molecule has 0 saturated carbocycles. The molecule has 0 amide bonds. The predicted octanol–water partition coefficient (Wildman–Crippen LogP) is 5.36. The van der Waals surface area contributed by atoms with Crippen molar-refractivity contribution in [2.75, 3.05) is 7.11 Å². The first kappa shape index (κ1) is 17.6. The fourth-order valence-electron chi connectivity index (χ4n) is 2.87. The number of halogens is 2. The van der Waals surface area contributed by atoms with Crippen LogP contribution in [-0.4, -0.2) is 17.0 Å². The summed E-state index contributed by atoms with van der Waals surface area (Å²) in [5, 5.41) is 11.2. The minimum absolute atomic E-state index is 0.130. The van der Waals surface area contributed by atoms with Gasteiger partial charge in [0.1, 0.15) is 5.52 Å². The topological polar surface area (TPSA) is 78.4 Å². The molecule has 0 aliphatic rings. The van der Waals surface area contributed by atoms with Crippen LogP contribution < -0.4 is 4.74 Å². The molecule has 8 heteroatoms. The van der Waals surface area contributed by atoms with Crippen molar-refractivity contribution in [1.29, 1.82) is 0 Å². The average molecular weight is 382 g/mol. The van der Waals surface area contributed by atoms with Crippen molar-refractivity contribution in [2.45, 2.75) is 0 Å². The number of benzene rings is 3. The zero-order valence-corrected chi connectivity index (χ0v) is 14.5. The third-order valence-corrected chi connectivity index (χ3v) is 4.26. The maximum absolute atomic E-state index is 13.5. The zero-order chi connectivity index (χ0) is 19.8. The summed E-state index contributed by atoms with van der Waals surface area (Å²) in [7, 11) is 1.35. The van der Waals surface area contributed by atoms with Crippen LogP contribution in [0.3, 0.4) is 0 Å². The zero-order valence-electron chi connectivity index (χ0n) is 14.5. The minimum Gasteiger partial charge on any atom is -0.490 e. The van der Waals surface area contributed by atoms with Crippen molar-refractivity contribution in [3.8, 4) is 28.3 Å². The van der Waals surface area contributed by atoms with E-state index < -0.39 is 16.6 Å². The van der Waals surface area contributed by atoms with Crippen molar-refractivity contribution < 1.29 is 22.9 Å². The number of nitro benzene ring substituents is 1. The number of hydrogen-bond donors (Lipinski definition) is 0. The molecule has 28 heavy (non-hydrogen) atoms. The Morgan fingerprint density at radius 1 is 0.964 bits per heavy atom. The Balaban J connectivity index is 1.77. The number of hydrogen-bond acceptors (Lipinski definition) is 5. The molecule has 0 spiro atoms. The average Bonchev–Trinajstić information content (AvgIpc) is 3.12. The lowest BCUT2D eigenvalue weighted by Gasteiger charge is -2.02. The molecule has 3 aromatic carbocycles. The van der Waals surface area contributed by atoms with E-state index in [1.807, 2.05) is 0 Å². The summed E-state index contributed by atoms with van der Waals surface area (Å²) in [5.74, 6) is -1.53. The van der Waals surface area contributed by atoms with E-state index in [9.17, 15) is 18.9 Å². The Morgan fingerprint density at radius 3 is 2.39 bits per heavy atom. The van der Waals surface area contributed by atoms with Gasteiger partial charge in [0.05, 0.1) is 12.0 Å². The largest absolute Gasteiger partial charge is 0.490 e. The Kier molecular flexibility index (Phi) is 4.23. The molecule has 0 fully saturated rings.